The Morgan fingerprint density at radius 2 is 2.09 bits per heavy atom. The van der Waals surface area contributed by atoms with Crippen LogP contribution in [0.2, 0.25) is 0 Å². The summed E-state index contributed by atoms with van der Waals surface area (Å²) in [6.45, 7) is 5.62. The first-order valence-electron chi connectivity index (χ1n) is 3.58. The molecule has 11 heavy (non-hydrogen) atoms. The largest absolute Gasteiger partial charge is 0.207 e. The van der Waals surface area contributed by atoms with Crippen molar-refractivity contribution in [3.63, 3.8) is 0 Å². The van der Waals surface area contributed by atoms with Crippen LogP contribution in [-0.4, -0.2) is 0 Å². The first-order chi connectivity index (χ1) is 5.20. The van der Waals surface area contributed by atoms with Gasteiger partial charge in [-0.25, -0.2) is 4.39 Å². The predicted octanol–water partition coefficient (Wildman–Crippen LogP) is 2.94. The summed E-state index contributed by atoms with van der Waals surface area (Å²) in [5.41, 5.74) is 1.70. The molecule has 1 heteroatoms. The van der Waals surface area contributed by atoms with E-state index < -0.39 is 0 Å². The van der Waals surface area contributed by atoms with Crippen LogP contribution < -0.4 is 0 Å². The van der Waals surface area contributed by atoms with Gasteiger partial charge in [-0.3, -0.25) is 0 Å². The molecule has 1 rings (SSSR count). The van der Waals surface area contributed by atoms with Crippen molar-refractivity contribution in [3.8, 4) is 0 Å². The fourth-order valence-electron chi connectivity index (χ4n) is 0.967. The summed E-state index contributed by atoms with van der Waals surface area (Å²) in [6.07, 6.45) is 0.632. The summed E-state index contributed by atoms with van der Waals surface area (Å²) in [4.78, 5) is 0. The highest BCUT2D eigenvalue weighted by Crippen LogP contribution is 2.10. The van der Waals surface area contributed by atoms with E-state index in [1.807, 2.05) is 13.0 Å². The van der Waals surface area contributed by atoms with Crippen LogP contribution in [0.1, 0.15) is 12.5 Å². The molecule has 0 unspecified atom stereocenters. The van der Waals surface area contributed by atoms with Gasteiger partial charge in [0.15, 0.2) is 0 Å². The van der Waals surface area contributed by atoms with Gasteiger partial charge in [0.2, 0.25) is 0 Å². The van der Waals surface area contributed by atoms with Crippen LogP contribution in [-0.2, 0) is 6.42 Å². The summed E-state index contributed by atoms with van der Waals surface area (Å²) in [5, 5.41) is 0. The van der Waals surface area contributed by atoms with E-state index in [1.165, 1.54) is 6.07 Å². The van der Waals surface area contributed by atoms with Crippen molar-refractivity contribution < 1.29 is 4.39 Å². The van der Waals surface area contributed by atoms with E-state index in [9.17, 15) is 4.39 Å². The van der Waals surface area contributed by atoms with Gasteiger partial charge in [-0.15, -0.1) is 0 Å². The summed E-state index contributed by atoms with van der Waals surface area (Å²) >= 11 is 0. The molecule has 0 aliphatic heterocycles. The Bertz CT molecular complexity index is 263. The maximum Gasteiger partial charge on any atom is 0.126 e. The maximum atomic E-state index is 12.9. The minimum Gasteiger partial charge on any atom is -0.207 e. The Balaban J connectivity index is 2.86. The standard InChI is InChI=1S/C10H11F/c1-8(2)7-9-5-3-4-6-10(9)11/h3-6H,1,7H2,2H3. The molecule has 0 saturated carbocycles. The van der Waals surface area contributed by atoms with Gasteiger partial charge in [0, 0.05) is 0 Å². The quantitative estimate of drug-likeness (QED) is 0.568. The lowest BCUT2D eigenvalue weighted by Gasteiger charge is -2.00. The van der Waals surface area contributed by atoms with Crippen LogP contribution in [0.25, 0.3) is 0 Å². The smallest absolute Gasteiger partial charge is 0.126 e. The zero-order valence-corrected chi connectivity index (χ0v) is 6.60. The van der Waals surface area contributed by atoms with Crippen molar-refractivity contribution >= 4 is 0 Å². The number of halogens is 1. The van der Waals surface area contributed by atoms with Gasteiger partial charge in [0.05, 0.1) is 0 Å². The normalized spacial score (nSPS) is 9.64. The molecular formula is C10H11F. The van der Waals surface area contributed by atoms with Crippen molar-refractivity contribution in [1.29, 1.82) is 0 Å². The number of hydrogen-bond donors (Lipinski definition) is 0. The Morgan fingerprint density at radius 3 is 2.64 bits per heavy atom. The van der Waals surface area contributed by atoms with E-state index in [-0.39, 0.29) is 5.82 Å². The molecule has 0 spiro atoms. The van der Waals surface area contributed by atoms with Crippen LogP contribution in [0.5, 0.6) is 0 Å². The van der Waals surface area contributed by atoms with Gasteiger partial charge in [0.25, 0.3) is 0 Å². The third-order valence-electron chi connectivity index (χ3n) is 1.45. The van der Waals surface area contributed by atoms with Gasteiger partial charge in [-0.2, -0.15) is 0 Å². The number of rotatable bonds is 2. The molecule has 1 aromatic rings. The van der Waals surface area contributed by atoms with E-state index >= 15 is 0 Å². The van der Waals surface area contributed by atoms with Crippen molar-refractivity contribution in [3.05, 3.63) is 47.8 Å². The number of allylic oxidation sites excluding steroid dienone is 1. The summed E-state index contributed by atoms with van der Waals surface area (Å²) in [5.74, 6) is -0.143. The molecule has 0 atom stereocenters. The fraction of sp³-hybridized carbons (Fsp3) is 0.200. The minimum absolute atomic E-state index is 0.143. The van der Waals surface area contributed by atoms with Crippen molar-refractivity contribution in [1.82, 2.24) is 0 Å². The summed E-state index contributed by atoms with van der Waals surface area (Å²) in [7, 11) is 0. The van der Waals surface area contributed by atoms with E-state index in [4.69, 9.17) is 0 Å². The van der Waals surface area contributed by atoms with Gasteiger partial charge in [0.1, 0.15) is 5.82 Å². The van der Waals surface area contributed by atoms with E-state index in [1.54, 1.807) is 12.1 Å². The average molecular weight is 150 g/mol. The SMILES string of the molecule is C=C(C)Cc1ccccc1F. The van der Waals surface area contributed by atoms with Gasteiger partial charge in [-0.05, 0) is 25.0 Å². The molecule has 1 aromatic carbocycles. The van der Waals surface area contributed by atoms with Crippen LogP contribution in [0.3, 0.4) is 0 Å². The lowest BCUT2D eigenvalue weighted by atomic mass is 10.1. The lowest BCUT2D eigenvalue weighted by molar-refractivity contribution is 0.613. The molecule has 0 bridgehead atoms. The Morgan fingerprint density at radius 1 is 1.45 bits per heavy atom. The first kappa shape index (κ1) is 7.99. The van der Waals surface area contributed by atoms with Crippen molar-refractivity contribution in [2.24, 2.45) is 0 Å². The van der Waals surface area contributed by atoms with Crippen LogP contribution in [0.4, 0.5) is 4.39 Å². The molecule has 0 radical (unpaired) electrons. The van der Waals surface area contributed by atoms with E-state index in [0.29, 0.717) is 6.42 Å². The molecule has 0 N–H and O–H groups in total. The molecule has 0 saturated heterocycles. The highest BCUT2D eigenvalue weighted by Gasteiger charge is 1.98. The Kier molecular flexibility index (Phi) is 2.42. The van der Waals surface area contributed by atoms with Gasteiger partial charge < -0.3 is 0 Å². The van der Waals surface area contributed by atoms with Crippen molar-refractivity contribution in [2.45, 2.75) is 13.3 Å². The number of hydrogen-bond acceptors (Lipinski definition) is 0. The maximum absolute atomic E-state index is 12.9. The molecule has 0 amide bonds. The second-order valence-corrected chi connectivity index (χ2v) is 2.73. The molecule has 0 nitrogen and oxygen atoms in total. The molecule has 0 aliphatic carbocycles. The van der Waals surface area contributed by atoms with Crippen LogP contribution >= 0.6 is 0 Å². The predicted molar refractivity (Wildman–Crippen MR) is 44.9 cm³/mol. The van der Waals surface area contributed by atoms with E-state index in [2.05, 4.69) is 6.58 Å². The highest BCUT2D eigenvalue weighted by molar-refractivity contribution is 5.21. The van der Waals surface area contributed by atoms with E-state index in [0.717, 1.165) is 11.1 Å². The number of benzene rings is 1. The highest BCUT2D eigenvalue weighted by atomic mass is 19.1. The third-order valence-corrected chi connectivity index (χ3v) is 1.45. The minimum atomic E-state index is -0.143. The lowest BCUT2D eigenvalue weighted by Crippen LogP contribution is -1.89. The summed E-state index contributed by atoms with van der Waals surface area (Å²) < 4.78 is 12.9. The zero-order chi connectivity index (χ0) is 8.27. The summed E-state index contributed by atoms with van der Waals surface area (Å²) in [6, 6.07) is 6.78. The second kappa shape index (κ2) is 3.33. The molecule has 58 valence electrons. The fourth-order valence-corrected chi connectivity index (χ4v) is 0.967. The first-order valence-corrected chi connectivity index (χ1v) is 3.58. The molecular weight excluding hydrogens is 139 g/mol. The zero-order valence-electron chi connectivity index (χ0n) is 6.60. The second-order valence-electron chi connectivity index (χ2n) is 2.73. The monoisotopic (exact) mass is 150 g/mol. The van der Waals surface area contributed by atoms with Gasteiger partial charge >= 0.3 is 0 Å². The van der Waals surface area contributed by atoms with Crippen LogP contribution in [0.15, 0.2) is 36.4 Å². The molecule has 0 aliphatic rings. The Labute approximate surface area is 66.4 Å². The molecule has 0 fully saturated rings. The topological polar surface area (TPSA) is 0 Å². The average Bonchev–Trinajstić information content (AvgIpc) is 1.93. The van der Waals surface area contributed by atoms with Crippen molar-refractivity contribution in [2.75, 3.05) is 0 Å². The van der Waals surface area contributed by atoms with Gasteiger partial charge in [-0.1, -0.05) is 30.4 Å². The van der Waals surface area contributed by atoms with Crippen LogP contribution in [0, 0.1) is 5.82 Å². The Hall–Kier alpha value is -1.11. The molecule has 0 aromatic heterocycles. The third kappa shape index (κ3) is 2.19. The molecule has 0 heterocycles.